The van der Waals surface area contributed by atoms with Gasteiger partial charge in [-0.15, -0.1) is 0 Å². The van der Waals surface area contributed by atoms with Gasteiger partial charge >= 0.3 is 0 Å². The summed E-state index contributed by atoms with van der Waals surface area (Å²) in [6.07, 6.45) is 13.2. The number of rotatable bonds is 4. The van der Waals surface area contributed by atoms with Crippen LogP contribution >= 0.6 is 0 Å². The van der Waals surface area contributed by atoms with Crippen molar-refractivity contribution >= 4 is 0 Å². The maximum Gasteiger partial charge on any atom is 0.119 e. The molecule has 29 heavy (non-hydrogen) atoms. The van der Waals surface area contributed by atoms with Gasteiger partial charge in [0.25, 0.3) is 0 Å². The first-order chi connectivity index (χ1) is 14.0. The van der Waals surface area contributed by atoms with Gasteiger partial charge in [0.1, 0.15) is 5.75 Å². The second kappa shape index (κ2) is 8.54. The molecule has 2 saturated carbocycles. The number of phenolic OH excluding ortho intramolecular Hbond substituents is 1. The summed E-state index contributed by atoms with van der Waals surface area (Å²) >= 11 is 0. The van der Waals surface area contributed by atoms with Crippen molar-refractivity contribution in [1.29, 1.82) is 0 Å². The van der Waals surface area contributed by atoms with E-state index in [0.29, 0.717) is 11.7 Å². The van der Waals surface area contributed by atoms with E-state index in [1.54, 1.807) is 5.56 Å². The van der Waals surface area contributed by atoms with Crippen LogP contribution in [0, 0.1) is 6.92 Å². The van der Waals surface area contributed by atoms with Crippen molar-refractivity contribution in [3.8, 4) is 5.75 Å². The van der Waals surface area contributed by atoms with Crippen molar-refractivity contribution in [2.24, 2.45) is 0 Å². The summed E-state index contributed by atoms with van der Waals surface area (Å²) in [5.41, 5.74) is 6.87. The summed E-state index contributed by atoms with van der Waals surface area (Å²) in [4.78, 5) is 0. The monoisotopic (exact) mass is 390 g/mol. The van der Waals surface area contributed by atoms with E-state index in [1.807, 2.05) is 6.07 Å². The fourth-order valence-electron chi connectivity index (χ4n) is 5.73. The van der Waals surface area contributed by atoms with Gasteiger partial charge in [-0.3, -0.25) is 0 Å². The highest BCUT2D eigenvalue weighted by atomic mass is 16.3. The molecule has 4 rings (SSSR count). The lowest BCUT2D eigenvalue weighted by molar-refractivity contribution is 0.413. The highest BCUT2D eigenvalue weighted by molar-refractivity contribution is 5.47. The Hall–Kier alpha value is -1.76. The minimum Gasteiger partial charge on any atom is -0.508 e. The minimum absolute atomic E-state index is 0.0613. The van der Waals surface area contributed by atoms with Crippen LogP contribution in [0.15, 0.2) is 36.4 Å². The molecule has 1 heteroatoms. The number of aromatic hydroxyl groups is 1. The predicted octanol–water partition coefficient (Wildman–Crippen LogP) is 8.12. The molecule has 1 nitrogen and oxygen atoms in total. The van der Waals surface area contributed by atoms with Crippen molar-refractivity contribution in [2.45, 2.75) is 102 Å². The Morgan fingerprint density at radius 1 is 0.690 bits per heavy atom. The van der Waals surface area contributed by atoms with Crippen LogP contribution in [0.3, 0.4) is 0 Å². The Balaban J connectivity index is 1.67. The number of benzene rings is 2. The van der Waals surface area contributed by atoms with Crippen LogP contribution in [0.2, 0.25) is 0 Å². The van der Waals surface area contributed by atoms with Crippen molar-refractivity contribution in [3.63, 3.8) is 0 Å². The number of hydrogen-bond acceptors (Lipinski definition) is 1. The maximum atomic E-state index is 10.6. The molecule has 2 aromatic carbocycles. The zero-order chi connectivity index (χ0) is 20.4. The summed E-state index contributed by atoms with van der Waals surface area (Å²) in [6, 6.07) is 13.6. The normalized spacial score (nSPS) is 19.4. The molecule has 0 heterocycles. The lowest BCUT2D eigenvalue weighted by Crippen LogP contribution is -2.20. The summed E-state index contributed by atoms with van der Waals surface area (Å²) in [5, 5.41) is 10.6. The molecule has 0 spiro atoms. The highest BCUT2D eigenvalue weighted by Gasteiger charge is 2.28. The molecule has 0 bridgehead atoms. The van der Waals surface area contributed by atoms with Crippen LogP contribution in [-0.2, 0) is 5.41 Å². The van der Waals surface area contributed by atoms with E-state index in [4.69, 9.17) is 0 Å². The Labute approximate surface area is 177 Å². The van der Waals surface area contributed by atoms with Gasteiger partial charge in [0.15, 0.2) is 0 Å². The van der Waals surface area contributed by atoms with Gasteiger partial charge in [0.2, 0.25) is 0 Å². The lowest BCUT2D eigenvalue weighted by Gasteiger charge is -2.31. The second-order valence-corrected chi connectivity index (χ2v) is 10.1. The average Bonchev–Trinajstić information content (AvgIpc) is 2.75. The zero-order valence-electron chi connectivity index (χ0n) is 18.6. The third-order valence-electron chi connectivity index (χ3n) is 7.84. The van der Waals surface area contributed by atoms with Gasteiger partial charge in [-0.05, 0) is 78.3 Å². The van der Waals surface area contributed by atoms with E-state index < -0.39 is 0 Å². The number of phenols is 1. The second-order valence-electron chi connectivity index (χ2n) is 10.1. The largest absolute Gasteiger partial charge is 0.508 e. The lowest BCUT2D eigenvalue weighted by atomic mass is 9.73. The van der Waals surface area contributed by atoms with Gasteiger partial charge in [0.05, 0.1) is 0 Å². The summed E-state index contributed by atoms with van der Waals surface area (Å²) in [6.45, 7) is 6.97. The van der Waals surface area contributed by atoms with Crippen LogP contribution in [0.25, 0.3) is 0 Å². The van der Waals surface area contributed by atoms with Gasteiger partial charge in [-0.2, -0.15) is 0 Å². The Morgan fingerprint density at radius 2 is 1.17 bits per heavy atom. The molecule has 0 atom stereocenters. The van der Waals surface area contributed by atoms with E-state index in [-0.39, 0.29) is 5.41 Å². The minimum atomic E-state index is -0.0613. The molecule has 0 unspecified atom stereocenters. The van der Waals surface area contributed by atoms with Gasteiger partial charge < -0.3 is 5.11 Å². The summed E-state index contributed by atoms with van der Waals surface area (Å²) in [5.74, 6) is 1.75. The van der Waals surface area contributed by atoms with Gasteiger partial charge in [-0.1, -0.05) is 82.7 Å². The molecule has 2 fully saturated rings. The Kier molecular flexibility index (Phi) is 6.04. The molecule has 2 aliphatic rings. The van der Waals surface area contributed by atoms with Gasteiger partial charge in [0, 0.05) is 5.41 Å². The van der Waals surface area contributed by atoms with Crippen LogP contribution in [0.5, 0.6) is 5.75 Å². The number of hydrogen-bond donors (Lipinski definition) is 1. The molecule has 0 aromatic heterocycles. The molecule has 0 amide bonds. The zero-order valence-corrected chi connectivity index (χ0v) is 18.6. The average molecular weight is 391 g/mol. The van der Waals surface area contributed by atoms with E-state index >= 15 is 0 Å². The SMILES string of the molecule is Cc1ccc(C(C)(C)c2ccc(O)c(C3CCCCC3)c2)cc1C1CCCCC1. The van der Waals surface area contributed by atoms with Crippen LogP contribution in [0.1, 0.15) is 118 Å². The van der Waals surface area contributed by atoms with Gasteiger partial charge in [-0.25, -0.2) is 0 Å². The highest BCUT2D eigenvalue weighted by Crippen LogP contribution is 2.42. The molecule has 1 N–H and O–H groups in total. The molecular formula is C28H38O. The molecule has 156 valence electrons. The van der Waals surface area contributed by atoms with Crippen molar-refractivity contribution in [2.75, 3.05) is 0 Å². The molecule has 2 aliphatic carbocycles. The van der Waals surface area contributed by atoms with Crippen molar-refractivity contribution in [1.82, 2.24) is 0 Å². The molecule has 0 radical (unpaired) electrons. The van der Waals surface area contributed by atoms with Crippen molar-refractivity contribution < 1.29 is 5.11 Å². The van der Waals surface area contributed by atoms with Crippen LogP contribution in [-0.4, -0.2) is 5.11 Å². The number of aryl methyl sites for hydroxylation is 1. The maximum absolute atomic E-state index is 10.6. The summed E-state index contributed by atoms with van der Waals surface area (Å²) < 4.78 is 0. The molecule has 2 aromatic rings. The topological polar surface area (TPSA) is 20.2 Å². The first kappa shape index (κ1) is 20.5. The fraction of sp³-hybridized carbons (Fsp3) is 0.571. The van der Waals surface area contributed by atoms with E-state index in [1.165, 1.54) is 86.5 Å². The first-order valence-corrected chi connectivity index (χ1v) is 11.9. The Bertz CT molecular complexity index is 766. The molecule has 0 saturated heterocycles. The van der Waals surface area contributed by atoms with Crippen LogP contribution in [0.4, 0.5) is 0 Å². The standard InChI is InChI=1S/C28H38O/c1-20-14-15-23(18-25(20)21-10-6-4-7-11-21)28(2,3)24-16-17-27(29)26(19-24)22-12-8-5-9-13-22/h14-19,21-22,29H,4-13H2,1-3H3. The third-order valence-corrected chi connectivity index (χ3v) is 7.84. The quantitative estimate of drug-likeness (QED) is 0.559. The summed E-state index contributed by atoms with van der Waals surface area (Å²) in [7, 11) is 0. The predicted molar refractivity (Wildman–Crippen MR) is 123 cm³/mol. The van der Waals surface area contributed by atoms with E-state index in [2.05, 4.69) is 51.1 Å². The molecule has 0 aliphatic heterocycles. The fourth-order valence-corrected chi connectivity index (χ4v) is 5.73. The third kappa shape index (κ3) is 4.25. The Morgan fingerprint density at radius 3 is 1.76 bits per heavy atom. The smallest absolute Gasteiger partial charge is 0.119 e. The van der Waals surface area contributed by atoms with Crippen molar-refractivity contribution in [3.05, 3.63) is 64.2 Å². The first-order valence-electron chi connectivity index (χ1n) is 11.9. The molecular weight excluding hydrogens is 352 g/mol. The van der Waals surface area contributed by atoms with E-state index in [0.717, 1.165) is 5.92 Å². The van der Waals surface area contributed by atoms with E-state index in [9.17, 15) is 5.11 Å². The van der Waals surface area contributed by atoms with Crippen LogP contribution < -0.4 is 0 Å².